The SMILES string of the molecule is COC(=O)CC[C@@H](C)[C@H]1CC[C@H]2[C@@H]3CC[C@@H]4C[C@H](C)CC[C@]4(C)[C@H]3C[C@H](O)[C@]12C. The van der Waals surface area contributed by atoms with Crippen molar-refractivity contribution in [3.05, 3.63) is 0 Å². The minimum atomic E-state index is -0.184. The number of carbonyl (C=O) groups excluding carboxylic acids is 1. The van der Waals surface area contributed by atoms with Gasteiger partial charge in [0.25, 0.3) is 0 Å². The van der Waals surface area contributed by atoms with Crippen molar-refractivity contribution in [2.24, 2.45) is 52.3 Å². The van der Waals surface area contributed by atoms with Crippen molar-refractivity contribution in [3.8, 4) is 0 Å². The minimum absolute atomic E-state index is 0.0296. The molecule has 4 rings (SSSR count). The highest BCUT2D eigenvalue weighted by atomic mass is 16.5. The van der Waals surface area contributed by atoms with Gasteiger partial charge in [0, 0.05) is 6.42 Å². The van der Waals surface area contributed by atoms with Gasteiger partial charge >= 0.3 is 5.97 Å². The molecule has 0 aromatic heterocycles. The second-order valence-corrected chi connectivity index (χ2v) is 11.9. The molecular formula is C26H44O3. The van der Waals surface area contributed by atoms with E-state index < -0.39 is 0 Å². The van der Waals surface area contributed by atoms with E-state index in [4.69, 9.17) is 4.74 Å². The van der Waals surface area contributed by atoms with Crippen molar-refractivity contribution in [1.29, 1.82) is 0 Å². The summed E-state index contributed by atoms with van der Waals surface area (Å²) in [5.74, 6) is 4.84. The maximum absolute atomic E-state index is 11.7. The van der Waals surface area contributed by atoms with Crippen molar-refractivity contribution >= 4 is 5.97 Å². The molecule has 4 saturated carbocycles. The van der Waals surface area contributed by atoms with E-state index in [9.17, 15) is 9.90 Å². The van der Waals surface area contributed by atoms with Gasteiger partial charge in [0.1, 0.15) is 0 Å². The van der Waals surface area contributed by atoms with E-state index >= 15 is 0 Å². The second kappa shape index (κ2) is 7.84. The van der Waals surface area contributed by atoms with Gasteiger partial charge in [-0.25, -0.2) is 0 Å². The molecule has 0 radical (unpaired) electrons. The zero-order valence-electron chi connectivity index (χ0n) is 19.5. The summed E-state index contributed by atoms with van der Waals surface area (Å²) in [5, 5.41) is 11.6. The second-order valence-electron chi connectivity index (χ2n) is 11.9. The zero-order chi connectivity index (χ0) is 21.0. The van der Waals surface area contributed by atoms with Crippen molar-refractivity contribution in [2.75, 3.05) is 7.11 Å². The Bertz CT molecular complexity index is 617. The lowest BCUT2D eigenvalue weighted by Gasteiger charge is -2.62. The molecule has 0 aliphatic heterocycles. The highest BCUT2D eigenvalue weighted by Crippen LogP contribution is 2.68. The van der Waals surface area contributed by atoms with Gasteiger partial charge in [-0.3, -0.25) is 4.79 Å². The number of aliphatic hydroxyl groups excluding tert-OH is 1. The molecule has 0 bridgehead atoms. The van der Waals surface area contributed by atoms with Crippen LogP contribution in [0, 0.1) is 52.3 Å². The fourth-order valence-electron chi connectivity index (χ4n) is 9.05. The van der Waals surface area contributed by atoms with Crippen LogP contribution in [0.2, 0.25) is 0 Å². The van der Waals surface area contributed by atoms with E-state index in [0.717, 1.165) is 30.6 Å². The summed E-state index contributed by atoms with van der Waals surface area (Å²) in [5.41, 5.74) is 0.480. The molecule has 0 spiro atoms. The number of methoxy groups -OCH3 is 1. The topological polar surface area (TPSA) is 46.5 Å². The Labute approximate surface area is 178 Å². The number of rotatable bonds is 4. The number of esters is 1. The Morgan fingerprint density at radius 1 is 1.10 bits per heavy atom. The highest BCUT2D eigenvalue weighted by Gasteiger charge is 2.63. The molecule has 4 fully saturated rings. The largest absolute Gasteiger partial charge is 0.469 e. The van der Waals surface area contributed by atoms with E-state index in [0.29, 0.717) is 35.5 Å². The quantitative estimate of drug-likeness (QED) is 0.599. The maximum Gasteiger partial charge on any atom is 0.305 e. The first kappa shape index (κ1) is 21.7. The molecule has 0 aromatic rings. The Morgan fingerprint density at radius 3 is 2.59 bits per heavy atom. The Hall–Kier alpha value is -0.570. The molecule has 10 atom stereocenters. The highest BCUT2D eigenvalue weighted by molar-refractivity contribution is 5.69. The third-order valence-corrected chi connectivity index (χ3v) is 10.8. The maximum atomic E-state index is 11.7. The normalized spacial score (nSPS) is 50.2. The minimum Gasteiger partial charge on any atom is -0.469 e. The van der Waals surface area contributed by atoms with Crippen LogP contribution in [0.15, 0.2) is 0 Å². The number of carbonyl (C=O) groups is 1. The van der Waals surface area contributed by atoms with Gasteiger partial charge in [-0.05, 0) is 104 Å². The predicted octanol–water partition coefficient (Wildman–Crippen LogP) is 5.84. The number of fused-ring (bicyclic) bond motifs is 5. The number of ether oxygens (including phenoxy) is 1. The van der Waals surface area contributed by atoms with E-state index in [1.54, 1.807) is 0 Å². The summed E-state index contributed by atoms with van der Waals surface area (Å²) >= 11 is 0. The Morgan fingerprint density at radius 2 is 1.86 bits per heavy atom. The van der Waals surface area contributed by atoms with Crippen LogP contribution in [0.3, 0.4) is 0 Å². The van der Waals surface area contributed by atoms with Crippen LogP contribution in [0.5, 0.6) is 0 Å². The lowest BCUT2D eigenvalue weighted by Crippen LogP contribution is -2.58. The van der Waals surface area contributed by atoms with Crippen LogP contribution in [0.25, 0.3) is 0 Å². The first-order valence-corrected chi connectivity index (χ1v) is 12.5. The van der Waals surface area contributed by atoms with Crippen molar-refractivity contribution < 1.29 is 14.6 Å². The molecule has 0 unspecified atom stereocenters. The van der Waals surface area contributed by atoms with Gasteiger partial charge in [-0.1, -0.05) is 34.1 Å². The number of hydrogen-bond acceptors (Lipinski definition) is 3. The van der Waals surface area contributed by atoms with Crippen LogP contribution in [0.1, 0.15) is 91.9 Å². The monoisotopic (exact) mass is 404 g/mol. The molecular weight excluding hydrogens is 360 g/mol. The predicted molar refractivity (Wildman–Crippen MR) is 116 cm³/mol. The molecule has 0 saturated heterocycles. The number of hydrogen-bond donors (Lipinski definition) is 1. The molecule has 3 nitrogen and oxygen atoms in total. The van der Waals surface area contributed by atoms with Crippen LogP contribution in [0.4, 0.5) is 0 Å². The zero-order valence-corrected chi connectivity index (χ0v) is 19.5. The molecule has 0 aromatic carbocycles. The first-order chi connectivity index (χ1) is 13.7. The average Bonchev–Trinajstić information content (AvgIpc) is 3.06. The third-order valence-electron chi connectivity index (χ3n) is 10.8. The van der Waals surface area contributed by atoms with Gasteiger partial charge in [-0.2, -0.15) is 0 Å². The van der Waals surface area contributed by atoms with Gasteiger partial charge in [0.2, 0.25) is 0 Å². The van der Waals surface area contributed by atoms with Gasteiger partial charge in [0.15, 0.2) is 0 Å². The standard InChI is InChI=1S/C26H44O3/c1-16-12-13-25(3)18(14-16)7-8-19-21-10-9-20(17(2)6-11-24(28)29-5)26(21,4)23(27)15-22(19)25/h16-23,27H,6-15H2,1-5H3/t16-,17-,18-,19+,20-,21+,22+,23+,25+,26-/m1/s1. The van der Waals surface area contributed by atoms with Gasteiger partial charge in [0.05, 0.1) is 13.2 Å². The number of aliphatic hydroxyl groups is 1. The van der Waals surface area contributed by atoms with Gasteiger partial charge in [-0.15, -0.1) is 0 Å². The summed E-state index contributed by atoms with van der Waals surface area (Å²) < 4.78 is 4.87. The molecule has 1 N–H and O–H groups in total. The first-order valence-electron chi connectivity index (χ1n) is 12.5. The molecule has 29 heavy (non-hydrogen) atoms. The van der Waals surface area contributed by atoms with Crippen LogP contribution in [-0.4, -0.2) is 24.3 Å². The summed E-state index contributed by atoms with van der Waals surface area (Å²) in [7, 11) is 1.48. The molecule has 0 heterocycles. The molecule has 3 heteroatoms. The lowest BCUT2D eigenvalue weighted by molar-refractivity contribution is -0.171. The Balaban J connectivity index is 1.53. The third kappa shape index (κ3) is 3.38. The van der Waals surface area contributed by atoms with Crippen molar-refractivity contribution in [3.63, 3.8) is 0 Å². The van der Waals surface area contributed by atoms with E-state index in [2.05, 4.69) is 27.7 Å². The van der Waals surface area contributed by atoms with Crippen LogP contribution in [-0.2, 0) is 9.53 Å². The van der Waals surface area contributed by atoms with E-state index in [-0.39, 0.29) is 17.5 Å². The fourth-order valence-corrected chi connectivity index (χ4v) is 9.05. The van der Waals surface area contributed by atoms with Crippen LogP contribution >= 0.6 is 0 Å². The summed E-state index contributed by atoms with van der Waals surface area (Å²) in [4.78, 5) is 11.7. The van der Waals surface area contributed by atoms with Crippen molar-refractivity contribution in [1.82, 2.24) is 0 Å². The average molecular weight is 405 g/mol. The summed E-state index contributed by atoms with van der Waals surface area (Å²) in [6.07, 6.45) is 11.7. The molecule has 4 aliphatic carbocycles. The Kier molecular flexibility index (Phi) is 5.86. The van der Waals surface area contributed by atoms with Crippen LogP contribution < -0.4 is 0 Å². The fraction of sp³-hybridized carbons (Fsp3) is 0.962. The summed E-state index contributed by atoms with van der Waals surface area (Å²) in [6, 6.07) is 0. The molecule has 0 amide bonds. The molecule has 4 aliphatic rings. The van der Waals surface area contributed by atoms with E-state index in [1.165, 1.54) is 52.1 Å². The smallest absolute Gasteiger partial charge is 0.305 e. The van der Waals surface area contributed by atoms with E-state index in [1.807, 2.05) is 0 Å². The van der Waals surface area contributed by atoms with Gasteiger partial charge < -0.3 is 9.84 Å². The van der Waals surface area contributed by atoms with Crippen molar-refractivity contribution in [2.45, 2.75) is 98.0 Å². The lowest BCUT2D eigenvalue weighted by atomic mass is 9.43. The summed E-state index contributed by atoms with van der Waals surface area (Å²) in [6.45, 7) is 9.74. The molecule has 166 valence electrons.